The summed E-state index contributed by atoms with van der Waals surface area (Å²) in [5.74, 6) is 1.06. The lowest BCUT2D eigenvalue weighted by Crippen LogP contribution is -2.03. The molecule has 1 aliphatic carbocycles. The van der Waals surface area contributed by atoms with Gasteiger partial charge in [-0.3, -0.25) is 0 Å². The van der Waals surface area contributed by atoms with Crippen LogP contribution in [0.25, 0.3) is 0 Å². The zero-order chi connectivity index (χ0) is 16.4. The molecule has 2 unspecified atom stereocenters. The number of oxime groups is 1. The van der Waals surface area contributed by atoms with Crippen molar-refractivity contribution in [2.45, 2.75) is 39.0 Å². The van der Waals surface area contributed by atoms with E-state index in [4.69, 9.17) is 4.84 Å². The van der Waals surface area contributed by atoms with Crippen molar-refractivity contribution in [2.24, 2.45) is 11.1 Å². The maximum atomic E-state index is 11.8. The van der Waals surface area contributed by atoms with E-state index in [-0.39, 0.29) is 5.97 Å². The highest BCUT2D eigenvalue weighted by Crippen LogP contribution is 2.48. The molecular formula is C19H21NO2S. The van der Waals surface area contributed by atoms with Crippen LogP contribution < -0.4 is 0 Å². The molecule has 2 aromatic rings. The van der Waals surface area contributed by atoms with Gasteiger partial charge in [-0.05, 0) is 47.8 Å². The first-order valence-electron chi connectivity index (χ1n) is 7.95. The van der Waals surface area contributed by atoms with Crippen LogP contribution in [0.2, 0.25) is 0 Å². The SMILES string of the molecule is C/C(=N\OC(=O)c1cccs1)C1CC1c1ccc(C(C)C)cc1. The fourth-order valence-corrected chi connectivity index (χ4v) is 3.37. The highest BCUT2D eigenvalue weighted by molar-refractivity contribution is 7.11. The van der Waals surface area contributed by atoms with Gasteiger partial charge in [0.25, 0.3) is 0 Å². The Kier molecular flexibility index (Phi) is 4.62. The monoisotopic (exact) mass is 327 g/mol. The number of thiophene rings is 1. The Balaban J connectivity index is 1.59. The second-order valence-electron chi connectivity index (χ2n) is 6.36. The third-order valence-corrected chi connectivity index (χ3v) is 5.20. The van der Waals surface area contributed by atoms with Crippen molar-refractivity contribution in [1.82, 2.24) is 0 Å². The van der Waals surface area contributed by atoms with E-state index in [9.17, 15) is 4.79 Å². The number of carbonyl (C=O) groups excluding carboxylic acids is 1. The normalized spacial score (nSPS) is 20.6. The van der Waals surface area contributed by atoms with Crippen molar-refractivity contribution in [3.05, 3.63) is 57.8 Å². The molecular weight excluding hydrogens is 306 g/mol. The van der Waals surface area contributed by atoms with Crippen molar-refractivity contribution in [2.75, 3.05) is 0 Å². The van der Waals surface area contributed by atoms with Gasteiger partial charge in [-0.2, -0.15) is 0 Å². The lowest BCUT2D eigenvalue weighted by Gasteiger charge is -2.06. The predicted octanol–water partition coefficient (Wildman–Crippen LogP) is 5.21. The zero-order valence-corrected chi connectivity index (χ0v) is 14.5. The first-order valence-corrected chi connectivity index (χ1v) is 8.83. The largest absolute Gasteiger partial charge is 0.375 e. The summed E-state index contributed by atoms with van der Waals surface area (Å²) in [4.78, 5) is 17.4. The number of hydrogen-bond acceptors (Lipinski definition) is 4. The van der Waals surface area contributed by atoms with E-state index in [1.807, 2.05) is 18.4 Å². The maximum absolute atomic E-state index is 11.8. The van der Waals surface area contributed by atoms with E-state index >= 15 is 0 Å². The Morgan fingerprint density at radius 3 is 2.61 bits per heavy atom. The third-order valence-electron chi connectivity index (χ3n) is 4.35. The van der Waals surface area contributed by atoms with Gasteiger partial charge in [0.05, 0.1) is 5.71 Å². The fourth-order valence-electron chi connectivity index (χ4n) is 2.77. The van der Waals surface area contributed by atoms with Crippen LogP contribution in [0.1, 0.15) is 59.8 Å². The van der Waals surface area contributed by atoms with Crippen LogP contribution in [0.3, 0.4) is 0 Å². The van der Waals surface area contributed by atoms with Crippen molar-refractivity contribution in [3.8, 4) is 0 Å². The van der Waals surface area contributed by atoms with Gasteiger partial charge in [-0.25, -0.2) is 4.79 Å². The van der Waals surface area contributed by atoms with Crippen molar-refractivity contribution >= 4 is 23.0 Å². The van der Waals surface area contributed by atoms with Crippen molar-refractivity contribution in [3.63, 3.8) is 0 Å². The number of nitrogens with zero attached hydrogens (tertiary/aromatic N) is 1. The first kappa shape index (κ1) is 15.9. The lowest BCUT2D eigenvalue weighted by molar-refractivity contribution is 0.0520. The minimum Gasteiger partial charge on any atom is -0.312 e. The molecule has 2 atom stereocenters. The molecule has 3 rings (SSSR count). The van der Waals surface area contributed by atoms with Gasteiger partial charge in [0.2, 0.25) is 0 Å². The van der Waals surface area contributed by atoms with E-state index in [1.165, 1.54) is 22.5 Å². The van der Waals surface area contributed by atoms with E-state index in [0.717, 1.165) is 12.1 Å². The smallest absolute Gasteiger partial charge is 0.312 e. The number of hydrogen-bond donors (Lipinski definition) is 0. The van der Waals surface area contributed by atoms with Crippen LogP contribution in [-0.4, -0.2) is 11.7 Å². The minimum absolute atomic E-state index is 0.377. The second kappa shape index (κ2) is 6.67. The summed E-state index contributed by atoms with van der Waals surface area (Å²) in [7, 11) is 0. The quantitative estimate of drug-likeness (QED) is 0.430. The molecule has 0 bridgehead atoms. The standard InChI is InChI=1S/C19H21NO2S/c1-12(2)14-6-8-15(9-7-14)17-11-16(17)13(3)20-22-19(21)18-5-4-10-23-18/h4-10,12,16-17H,11H2,1-3H3/b20-13+. The van der Waals surface area contributed by atoms with E-state index in [0.29, 0.717) is 22.6 Å². The van der Waals surface area contributed by atoms with E-state index < -0.39 is 0 Å². The van der Waals surface area contributed by atoms with E-state index in [1.54, 1.807) is 6.07 Å². The van der Waals surface area contributed by atoms with Crippen LogP contribution in [0.4, 0.5) is 0 Å². The van der Waals surface area contributed by atoms with Crippen LogP contribution in [0.15, 0.2) is 46.9 Å². The average Bonchev–Trinajstić information content (AvgIpc) is 3.17. The van der Waals surface area contributed by atoms with Gasteiger partial charge in [0.1, 0.15) is 4.88 Å². The highest BCUT2D eigenvalue weighted by Gasteiger charge is 2.40. The number of benzene rings is 1. The molecule has 120 valence electrons. The van der Waals surface area contributed by atoms with Crippen LogP contribution in [0, 0.1) is 5.92 Å². The molecule has 1 aromatic carbocycles. The molecule has 3 nitrogen and oxygen atoms in total. The number of rotatable bonds is 5. The van der Waals surface area contributed by atoms with Crippen LogP contribution in [-0.2, 0) is 4.84 Å². The highest BCUT2D eigenvalue weighted by atomic mass is 32.1. The molecule has 0 saturated heterocycles. The van der Waals surface area contributed by atoms with Gasteiger partial charge in [0, 0.05) is 5.92 Å². The molecule has 1 aromatic heterocycles. The molecule has 23 heavy (non-hydrogen) atoms. The summed E-state index contributed by atoms with van der Waals surface area (Å²) in [6, 6.07) is 12.4. The Labute approximate surface area is 141 Å². The van der Waals surface area contributed by atoms with Gasteiger partial charge in [-0.15, -0.1) is 11.3 Å². The molecule has 0 amide bonds. The predicted molar refractivity (Wildman–Crippen MR) is 94.2 cm³/mol. The molecule has 1 saturated carbocycles. The molecule has 1 heterocycles. The summed E-state index contributed by atoms with van der Waals surface area (Å²) >= 11 is 1.36. The molecule has 0 aliphatic heterocycles. The minimum atomic E-state index is -0.377. The first-order chi connectivity index (χ1) is 11.1. The molecule has 0 N–H and O–H groups in total. The van der Waals surface area contributed by atoms with Crippen LogP contribution >= 0.6 is 11.3 Å². The molecule has 0 radical (unpaired) electrons. The fraction of sp³-hybridized carbons (Fsp3) is 0.368. The van der Waals surface area contributed by atoms with Gasteiger partial charge in [-0.1, -0.05) is 49.3 Å². The Bertz CT molecular complexity index is 701. The van der Waals surface area contributed by atoms with Gasteiger partial charge >= 0.3 is 5.97 Å². The molecule has 1 aliphatic rings. The van der Waals surface area contributed by atoms with Crippen LogP contribution in [0.5, 0.6) is 0 Å². The van der Waals surface area contributed by atoms with Crippen molar-refractivity contribution < 1.29 is 9.63 Å². The third kappa shape index (κ3) is 3.70. The summed E-state index contributed by atoms with van der Waals surface area (Å²) in [6.45, 7) is 6.34. The summed E-state index contributed by atoms with van der Waals surface area (Å²) in [5, 5.41) is 5.89. The summed E-state index contributed by atoms with van der Waals surface area (Å²) in [5.41, 5.74) is 3.60. The summed E-state index contributed by atoms with van der Waals surface area (Å²) in [6.07, 6.45) is 1.08. The Morgan fingerprint density at radius 2 is 2.00 bits per heavy atom. The maximum Gasteiger partial charge on any atom is 0.375 e. The number of carbonyl (C=O) groups is 1. The lowest BCUT2D eigenvalue weighted by atomic mass is 9.99. The van der Waals surface area contributed by atoms with Gasteiger partial charge < -0.3 is 4.84 Å². The topological polar surface area (TPSA) is 38.7 Å². The summed E-state index contributed by atoms with van der Waals surface area (Å²) < 4.78 is 0. The van der Waals surface area contributed by atoms with Crippen molar-refractivity contribution in [1.29, 1.82) is 0 Å². The van der Waals surface area contributed by atoms with Gasteiger partial charge in [0.15, 0.2) is 0 Å². The average molecular weight is 327 g/mol. The molecule has 4 heteroatoms. The zero-order valence-electron chi connectivity index (χ0n) is 13.7. The Hall–Kier alpha value is -1.94. The molecule has 0 spiro atoms. The molecule has 1 fully saturated rings. The second-order valence-corrected chi connectivity index (χ2v) is 7.31. The van der Waals surface area contributed by atoms with E-state index in [2.05, 4.69) is 43.3 Å². The Morgan fingerprint density at radius 1 is 1.26 bits per heavy atom.